The lowest BCUT2D eigenvalue weighted by molar-refractivity contribution is 0.385. The van der Waals surface area contributed by atoms with Crippen LogP contribution in [0.15, 0.2) is 47.4 Å². The molecular weight excluding hydrogens is 403 g/mol. The lowest BCUT2D eigenvalue weighted by Crippen LogP contribution is -2.48. The average Bonchev–Trinajstić information content (AvgIpc) is 2.64. The summed E-state index contributed by atoms with van der Waals surface area (Å²) in [5.74, 6) is 0.543. The third-order valence-electron chi connectivity index (χ3n) is 4.71. The van der Waals surface area contributed by atoms with Crippen molar-refractivity contribution in [3.8, 4) is 0 Å². The van der Waals surface area contributed by atoms with Crippen molar-refractivity contribution in [2.45, 2.75) is 25.2 Å². The third kappa shape index (κ3) is 4.77. The first-order valence-corrected chi connectivity index (χ1v) is 11.3. The van der Waals surface area contributed by atoms with Crippen molar-refractivity contribution in [2.24, 2.45) is 5.92 Å². The lowest BCUT2D eigenvalue weighted by Gasteiger charge is -2.35. The van der Waals surface area contributed by atoms with Crippen LogP contribution in [0.3, 0.4) is 0 Å². The quantitative estimate of drug-likeness (QED) is 0.695. The zero-order chi connectivity index (χ0) is 19.6. The first-order chi connectivity index (χ1) is 12.8. The van der Waals surface area contributed by atoms with Crippen molar-refractivity contribution in [2.75, 3.05) is 31.1 Å². The van der Waals surface area contributed by atoms with Crippen molar-refractivity contribution < 1.29 is 8.42 Å². The number of nitrogens with zero attached hydrogens (tertiary/aromatic N) is 2. The molecule has 7 heteroatoms. The number of hydrogen-bond donors (Lipinski definition) is 0. The molecule has 0 bridgehead atoms. The van der Waals surface area contributed by atoms with Gasteiger partial charge in [0, 0.05) is 31.9 Å². The number of anilines is 1. The molecule has 0 radical (unpaired) electrons. The molecule has 0 aliphatic carbocycles. The number of benzene rings is 2. The van der Waals surface area contributed by atoms with Gasteiger partial charge in [0.25, 0.3) is 0 Å². The second-order valence-corrected chi connectivity index (χ2v) is 9.98. The second kappa shape index (κ2) is 8.39. The summed E-state index contributed by atoms with van der Waals surface area (Å²) < 4.78 is 27.4. The normalized spacial score (nSPS) is 16.1. The van der Waals surface area contributed by atoms with E-state index in [0.29, 0.717) is 47.0 Å². The van der Waals surface area contributed by atoms with E-state index in [9.17, 15) is 8.42 Å². The van der Waals surface area contributed by atoms with Gasteiger partial charge in [0.15, 0.2) is 0 Å². The minimum Gasteiger partial charge on any atom is -0.369 e. The summed E-state index contributed by atoms with van der Waals surface area (Å²) in [5, 5.41) is 1.02. The Hall–Kier alpha value is -1.27. The Balaban J connectivity index is 1.68. The van der Waals surface area contributed by atoms with Gasteiger partial charge >= 0.3 is 0 Å². The molecule has 1 aliphatic heterocycles. The van der Waals surface area contributed by atoms with Crippen LogP contribution in [-0.2, 0) is 16.4 Å². The van der Waals surface area contributed by atoms with Crippen LogP contribution < -0.4 is 4.90 Å². The summed E-state index contributed by atoms with van der Waals surface area (Å²) in [7, 11) is -3.47. The molecule has 27 heavy (non-hydrogen) atoms. The molecule has 0 saturated carbocycles. The van der Waals surface area contributed by atoms with Crippen molar-refractivity contribution in [1.82, 2.24) is 4.31 Å². The summed E-state index contributed by atoms with van der Waals surface area (Å²) in [6, 6.07) is 12.8. The van der Waals surface area contributed by atoms with Crippen LogP contribution >= 0.6 is 23.2 Å². The van der Waals surface area contributed by atoms with Crippen molar-refractivity contribution >= 4 is 38.9 Å². The summed E-state index contributed by atoms with van der Waals surface area (Å²) in [4.78, 5) is 2.48. The fraction of sp³-hybridized carbons (Fsp3) is 0.400. The number of rotatable bonds is 5. The van der Waals surface area contributed by atoms with Gasteiger partial charge in [-0.1, -0.05) is 49.2 Å². The molecular formula is C20H24Cl2N2O2S. The molecule has 0 atom stereocenters. The molecule has 0 spiro atoms. The van der Waals surface area contributed by atoms with E-state index in [0.717, 1.165) is 17.7 Å². The maximum absolute atomic E-state index is 12.9. The Morgan fingerprint density at radius 1 is 0.926 bits per heavy atom. The molecule has 1 fully saturated rings. The van der Waals surface area contributed by atoms with E-state index in [1.807, 2.05) is 24.3 Å². The van der Waals surface area contributed by atoms with Gasteiger partial charge in [-0.3, -0.25) is 0 Å². The van der Waals surface area contributed by atoms with Crippen molar-refractivity contribution in [1.29, 1.82) is 0 Å². The monoisotopic (exact) mass is 426 g/mol. The molecule has 4 nitrogen and oxygen atoms in total. The smallest absolute Gasteiger partial charge is 0.243 e. The Morgan fingerprint density at radius 2 is 1.56 bits per heavy atom. The van der Waals surface area contributed by atoms with E-state index in [4.69, 9.17) is 23.2 Å². The highest BCUT2D eigenvalue weighted by Crippen LogP contribution is 2.28. The van der Waals surface area contributed by atoms with Gasteiger partial charge in [0.05, 0.1) is 14.9 Å². The highest BCUT2D eigenvalue weighted by atomic mass is 35.5. The summed E-state index contributed by atoms with van der Waals surface area (Å²) in [5.41, 5.74) is 2.12. The van der Waals surface area contributed by atoms with Crippen LogP contribution in [0.5, 0.6) is 0 Å². The maximum Gasteiger partial charge on any atom is 0.243 e. The number of hydrogen-bond acceptors (Lipinski definition) is 3. The fourth-order valence-corrected chi connectivity index (χ4v) is 5.00. The minimum absolute atomic E-state index is 0.359. The molecule has 0 aromatic heterocycles. The number of piperazine rings is 1. The topological polar surface area (TPSA) is 40.6 Å². The van der Waals surface area contributed by atoms with Gasteiger partial charge in [-0.15, -0.1) is 0 Å². The average molecular weight is 427 g/mol. The maximum atomic E-state index is 12.9. The van der Waals surface area contributed by atoms with Gasteiger partial charge in [-0.05, 0) is 48.2 Å². The molecule has 1 heterocycles. The summed E-state index contributed by atoms with van der Waals surface area (Å²) >= 11 is 12.1. The zero-order valence-corrected chi connectivity index (χ0v) is 17.9. The molecule has 2 aromatic carbocycles. The predicted octanol–water partition coefficient (Wildman–Crippen LogP) is 4.70. The van der Waals surface area contributed by atoms with E-state index < -0.39 is 10.0 Å². The Bertz CT molecular complexity index is 891. The molecule has 1 aliphatic rings. The Morgan fingerprint density at radius 3 is 2.11 bits per heavy atom. The van der Waals surface area contributed by atoms with Crippen LogP contribution in [0.2, 0.25) is 10.0 Å². The molecule has 146 valence electrons. The standard InChI is InChI=1S/C20H24Cl2N2O2S/c1-15(2)13-16-3-6-18(7-4-16)27(25,26)24-11-9-23(10-12-24)17-5-8-19(21)20(22)14-17/h3-8,14-15H,9-13H2,1-2H3. The first-order valence-electron chi connectivity index (χ1n) is 9.06. The SMILES string of the molecule is CC(C)Cc1ccc(S(=O)(=O)N2CCN(c3ccc(Cl)c(Cl)c3)CC2)cc1. The van der Waals surface area contributed by atoms with Gasteiger partial charge in [-0.2, -0.15) is 4.31 Å². The molecule has 0 amide bonds. The van der Waals surface area contributed by atoms with Crippen molar-refractivity contribution in [3.63, 3.8) is 0 Å². The highest BCUT2D eigenvalue weighted by molar-refractivity contribution is 7.89. The highest BCUT2D eigenvalue weighted by Gasteiger charge is 2.28. The number of halogens is 2. The fourth-order valence-electron chi connectivity index (χ4n) is 3.29. The molecule has 0 N–H and O–H groups in total. The van der Waals surface area contributed by atoms with Gasteiger partial charge in [0.1, 0.15) is 0 Å². The van der Waals surface area contributed by atoms with Crippen LogP contribution in [0.4, 0.5) is 5.69 Å². The van der Waals surface area contributed by atoms with E-state index in [-0.39, 0.29) is 0 Å². The number of sulfonamides is 1. The molecule has 2 aromatic rings. The Kier molecular flexibility index (Phi) is 6.36. The summed E-state index contributed by atoms with van der Waals surface area (Å²) in [6.07, 6.45) is 0.947. The summed E-state index contributed by atoms with van der Waals surface area (Å²) in [6.45, 7) is 6.41. The van der Waals surface area contributed by atoms with E-state index in [1.54, 1.807) is 22.5 Å². The molecule has 1 saturated heterocycles. The lowest BCUT2D eigenvalue weighted by atomic mass is 10.0. The van der Waals surface area contributed by atoms with Crippen LogP contribution in [-0.4, -0.2) is 38.9 Å². The largest absolute Gasteiger partial charge is 0.369 e. The minimum atomic E-state index is -3.47. The predicted molar refractivity (Wildman–Crippen MR) is 112 cm³/mol. The van der Waals surface area contributed by atoms with E-state index >= 15 is 0 Å². The zero-order valence-electron chi connectivity index (χ0n) is 15.5. The van der Waals surface area contributed by atoms with E-state index in [2.05, 4.69) is 18.7 Å². The Labute approximate surface area is 171 Å². The van der Waals surface area contributed by atoms with Gasteiger partial charge in [0.2, 0.25) is 10.0 Å². The molecule has 0 unspecified atom stereocenters. The van der Waals surface area contributed by atoms with Crippen LogP contribution in [0.1, 0.15) is 19.4 Å². The van der Waals surface area contributed by atoms with Crippen LogP contribution in [0.25, 0.3) is 0 Å². The van der Waals surface area contributed by atoms with Crippen molar-refractivity contribution in [3.05, 3.63) is 58.1 Å². The van der Waals surface area contributed by atoms with Gasteiger partial charge in [-0.25, -0.2) is 8.42 Å². The third-order valence-corrected chi connectivity index (χ3v) is 7.36. The van der Waals surface area contributed by atoms with Gasteiger partial charge < -0.3 is 4.90 Å². The van der Waals surface area contributed by atoms with Crippen LogP contribution in [0, 0.1) is 5.92 Å². The van der Waals surface area contributed by atoms with E-state index in [1.165, 1.54) is 0 Å². The second-order valence-electron chi connectivity index (χ2n) is 7.23. The molecule has 3 rings (SSSR count). The first kappa shape index (κ1) is 20.5.